The minimum Gasteiger partial charge on any atom is -0.393 e. The van der Waals surface area contributed by atoms with Crippen LogP contribution in [-0.4, -0.2) is 67.4 Å². The third-order valence-electron chi connectivity index (χ3n) is 4.44. The molecular weight excluding hydrogens is 382 g/mol. The predicted molar refractivity (Wildman–Crippen MR) is 98.3 cm³/mol. The van der Waals surface area contributed by atoms with E-state index in [1.54, 1.807) is 25.1 Å². The highest BCUT2D eigenvalue weighted by Gasteiger charge is 2.37. The van der Waals surface area contributed by atoms with Crippen molar-refractivity contribution in [3.63, 3.8) is 0 Å². The minimum atomic E-state index is -4.03. The Morgan fingerprint density at radius 1 is 1.00 bits per heavy atom. The Kier molecular flexibility index (Phi) is 8.18. The normalized spacial score (nSPS) is 25.5. The van der Waals surface area contributed by atoms with Gasteiger partial charge in [-0.1, -0.05) is 18.2 Å². The van der Waals surface area contributed by atoms with Gasteiger partial charge in [-0.3, -0.25) is 9.11 Å². The van der Waals surface area contributed by atoms with Gasteiger partial charge in [0.05, 0.1) is 17.3 Å². The maximum atomic E-state index is 10.6. The van der Waals surface area contributed by atoms with Gasteiger partial charge in [0.2, 0.25) is 0 Å². The molecule has 0 spiro atoms. The smallest absolute Gasteiger partial charge is 0.294 e. The Morgan fingerprint density at radius 2 is 1.42 bits per heavy atom. The first kappa shape index (κ1) is 23.0. The lowest BCUT2D eigenvalue weighted by Gasteiger charge is -2.33. The van der Waals surface area contributed by atoms with Gasteiger partial charge in [-0.05, 0) is 51.3 Å². The molecule has 2 bridgehead atoms. The van der Waals surface area contributed by atoms with E-state index in [0.717, 1.165) is 12.8 Å². The molecule has 3 atom stereocenters. The van der Waals surface area contributed by atoms with Gasteiger partial charge >= 0.3 is 0 Å². The third-order valence-corrected chi connectivity index (χ3v) is 5.46. The summed E-state index contributed by atoms with van der Waals surface area (Å²) in [6.45, 7) is 1.63. The maximum Gasteiger partial charge on any atom is 0.294 e. The Labute approximate surface area is 155 Å². The highest BCUT2D eigenvalue weighted by Crippen LogP contribution is 2.33. The van der Waals surface area contributed by atoms with Gasteiger partial charge in [0, 0.05) is 12.1 Å². The molecule has 0 radical (unpaired) electrons. The first-order valence-corrected chi connectivity index (χ1v) is 11.4. The number of hydrogen-bond donors (Lipinski definition) is 3. The molecule has 2 aliphatic rings. The highest BCUT2D eigenvalue weighted by atomic mass is 32.2. The molecule has 2 heterocycles. The number of benzene rings is 1. The molecule has 3 N–H and O–H groups in total. The maximum absolute atomic E-state index is 10.6. The first-order valence-electron chi connectivity index (χ1n) is 8.14. The zero-order chi connectivity index (χ0) is 20.1. The van der Waals surface area contributed by atoms with E-state index in [1.165, 1.54) is 18.9 Å². The molecule has 150 valence electrons. The van der Waals surface area contributed by atoms with Crippen LogP contribution in [0.2, 0.25) is 0 Å². The fourth-order valence-electron chi connectivity index (χ4n) is 3.23. The van der Waals surface area contributed by atoms with E-state index in [0.29, 0.717) is 23.9 Å². The van der Waals surface area contributed by atoms with Crippen molar-refractivity contribution in [1.29, 1.82) is 0 Å². The lowest BCUT2D eigenvalue weighted by Crippen LogP contribution is -2.41. The van der Waals surface area contributed by atoms with E-state index in [9.17, 15) is 21.9 Å². The van der Waals surface area contributed by atoms with Gasteiger partial charge in [0.15, 0.2) is 0 Å². The lowest BCUT2D eigenvalue weighted by molar-refractivity contribution is 0.0503. The number of aryl methyl sites for hydroxylation is 1. The van der Waals surface area contributed by atoms with Crippen LogP contribution in [0.4, 0.5) is 0 Å². The van der Waals surface area contributed by atoms with Crippen LogP contribution < -0.4 is 0 Å². The molecule has 2 aliphatic heterocycles. The highest BCUT2D eigenvalue weighted by molar-refractivity contribution is 7.86. The second kappa shape index (κ2) is 9.25. The van der Waals surface area contributed by atoms with Gasteiger partial charge in [0.1, 0.15) is 0 Å². The van der Waals surface area contributed by atoms with Crippen LogP contribution in [0.15, 0.2) is 29.2 Å². The summed E-state index contributed by atoms with van der Waals surface area (Å²) in [6, 6.07) is 7.65. The Bertz CT molecular complexity index is 771. The van der Waals surface area contributed by atoms with Crippen LogP contribution in [0.3, 0.4) is 0 Å². The topological polar surface area (TPSA) is 132 Å². The Hall–Kier alpha value is -1.04. The van der Waals surface area contributed by atoms with Crippen molar-refractivity contribution in [2.75, 3.05) is 13.3 Å². The van der Waals surface area contributed by atoms with Crippen molar-refractivity contribution in [3.05, 3.63) is 29.8 Å². The molecule has 2 saturated heterocycles. The Morgan fingerprint density at radius 3 is 1.77 bits per heavy atom. The molecule has 0 saturated carbocycles. The predicted octanol–water partition coefficient (Wildman–Crippen LogP) is 1.35. The van der Waals surface area contributed by atoms with Gasteiger partial charge in [0.25, 0.3) is 20.2 Å². The molecule has 1 aromatic rings. The lowest BCUT2D eigenvalue weighted by atomic mass is 10.0. The number of nitrogens with zero attached hydrogens (tertiary/aromatic N) is 1. The molecule has 2 fully saturated rings. The van der Waals surface area contributed by atoms with E-state index in [1.807, 2.05) is 0 Å². The molecule has 1 aromatic carbocycles. The fourth-order valence-corrected chi connectivity index (χ4v) is 3.95. The number of fused-ring (bicyclic) bond motifs is 2. The van der Waals surface area contributed by atoms with Crippen LogP contribution in [-0.2, 0) is 20.2 Å². The molecule has 8 nitrogen and oxygen atoms in total. The molecule has 0 aliphatic carbocycles. The fraction of sp³-hybridized carbons (Fsp3) is 0.625. The van der Waals surface area contributed by atoms with Crippen LogP contribution >= 0.6 is 0 Å². The van der Waals surface area contributed by atoms with Crippen molar-refractivity contribution < 1.29 is 31.0 Å². The van der Waals surface area contributed by atoms with Gasteiger partial charge in [-0.25, -0.2) is 0 Å². The van der Waals surface area contributed by atoms with E-state index in [2.05, 4.69) is 11.9 Å². The summed E-state index contributed by atoms with van der Waals surface area (Å²) in [6.07, 6.45) is 5.33. The van der Waals surface area contributed by atoms with E-state index in [4.69, 9.17) is 9.11 Å². The third kappa shape index (κ3) is 8.11. The summed E-state index contributed by atoms with van der Waals surface area (Å²) in [5, 5.41) is 9.38. The van der Waals surface area contributed by atoms with Gasteiger partial charge < -0.3 is 10.0 Å². The number of hydrogen-bond acceptors (Lipinski definition) is 6. The monoisotopic (exact) mass is 409 g/mol. The summed E-state index contributed by atoms with van der Waals surface area (Å²) < 4.78 is 55.7. The van der Waals surface area contributed by atoms with E-state index in [-0.39, 0.29) is 11.0 Å². The van der Waals surface area contributed by atoms with Crippen LogP contribution in [0.1, 0.15) is 31.2 Å². The van der Waals surface area contributed by atoms with Gasteiger partial charge in [-0.2, -0.15) is 16.8 Å². The van der Waals surface area contributed by atoms with Crippen molar-refractivity contribution in [1.82, 2.24) is 4.90 Å². The average Bonchev–Trinajstić information content (AvgIpc) is 2.68. The van der Waals surface area contributed by atoms with Crippen LogP contribution in [0, 0.1) is 6.92 Å². The zero-order valence-corrected chi connectivity index (χ0v) is 16.7. The zero-order valence-electron chi connectivity index (χ0n) is 15.1. The molecule has 10 heteroatoms. The summed E-state index contributed by atoms with van der Waals surface area (Å²) in [5.74, 6) is 0. The van der Waals surface area contributed by atoms with Crippen molar-refractivity contribution >= 4 is 20.2 Å². The quantitative estimate of drug-likeness (QED) is 0.592. The SMILES string of the molecule is CN1[C@@H]2CC[C@H]1CC(O)C2.CS(=O)(=O)O.Cc1ccccc1S(=O)(=O)O. The largest absolute Gasteiger partial charge is 0.393 e. The van der Waals surface area contributed by atoms with Gasteiger partial charge in [-0.15, -0.1) is 0 Å². The number of aliphatic hydroxyl groups excluding tert-OH is 1. The van der Waals surface area contributed by atoms with E-state index >= 15 is 0 Å². The Balaban J connectivity index is 0.000000209. The first-order chi connectivity index (χ1) is 11.8. The molecule has 0 amide bonds. The van der Waals surface area contributed by atoms with Crippen molar-refractivity contribution in [2.45, 2.75) is 55.7 Å². The average molecular weight is 410 g/mol. The summed E-state index contributed by atoms with van der Waals surface area (Å²) >= 11 is 0. The minimum absolute atomic E-state index is 0.00583. The molecule has 26 heavy (non-hydrogen) atoms. The second-order valence-electron chi connectivity index (χ2n) is 6.65. The number of aliphatic hydroxyl groups is 1. The summed E-state index contributed by atoms with van der Waals surface area (Å²) in [5.41, 5.74) is 0.551. The molecular formula is C16H27NO7S2. The molecule has 3 rings (SSSR count). The van der Waals surface area contributed by atoms with Crippen molar-refractivity contribution in [3.8, 4) is 0 Å². The number of piperidine rings is 1. The molecule has 0 aromatic heterocycles. The summed E-state index contributed by atoms with van der Waals surface area (Å²) in [4.78, 5) is 2.41. The van der Waals surface area contributed by atoms with E-state index < -0.39 is 20.2 Å². The van der Waals surface area contributed by atoms with Crippen molar-refractivity contribution in [2.24, 2.45) is 0 Å². The standard InChI is InChI=1S/C8H15NO.C7H8O3S.CH4O3S/c1-9-6-2-3-7(9)5-8(10)4-6;1-6-4-2-3-5-7(6)11(8,9)10;1-5(2,3)4/h6-8,10H,2-5H2,1H3;2-5H,1H3,(H,8,9,10);1H3,(H,2,3,4)/t6-,7+,8?;;. The number of rotatable bonds is 1. The second-order valence-corrected chi connectivity index (χ2v) is 9.51. The molecule has 1 unspecified atom stereocenters. The van der Waals surface area contributed by atoms with Crippen LogP contribution in [0.25, 0.3) is 0 Å². The van der Waals surface area contributed by atoms with Crippen LogP contribution in [0.5, 0.6) is 0 Å². The summed E-state index contributed by atoms with van der Waals surface area (Å²) in [7, 11) is -5.51.